The van der Waals surface area contributed by atoms with E-state index in [0.29, 0.717) is 0 Å². The minimum absolute atomic E-state index is 0.276. The molecule has 1 fully saturated rings. The first kappa shape index (κ1) is 27.1. The summed E-state index contributed by atoms with van der Waals surface area (Å²) in [5.74, 6) is 1.69. The van der Waals surface area contributed by atoms with Gasteiger partial charge in [0.15, 0.2) is 0 Å². The Morgan fingerprint density at radius 2 is 1.68 bits per heavy atom. The van der Waals surface area contributed by atoms with Crippen LogP contribution in [0.15, 0.2) is 47.1 Å². The first-order valence-corrected chi connectivity index (χ1v) is 14.5. The molecule has 0 aromatic heterocycles. The van der Waals surface area contributed by atoms with Crippen LogP contribution in [0, 0.1) is 11.8 Å². The van der Waals surface area contributed by atoms with Gasteiger partial charge >= 0.3 is 0 Å². The molecule has 2 aliphatic rings. The monoisotopic (exact) mass is 458 g/mol. The minimum atomic E-state index is 0.276. The molecule has 0 aliphatic heterocycles. The highest BCUT2D eigenvalue weighted by Crippen LogP contribution is 2.53. The van der Waals surface area contributed by atoms with E-state index < -0.39 is 0 Å². The summed E-state index contributed by atoms with van der Waals surface area (Å²) in [6.45, 7) is 18.2. The average Bonchev–Trinajstić information content (AvgIpc) is 3.64. The number of benzene rings is 1. The van der Waals surface area contributed by atoms with Gasteiger partial charge in [-0.05, 0) is 129 Å². The molecule has 0 spiro atoms. The summed E-state index contributed by atoms with van der Waals surface area (Å²) in [6, 6.07) is 4.96. The van der Waals surface area contributed by atoms with E-state index in [2.05, 4.69) is 74.2 Å². The van der Waals surface area contributed by atoms with Crippen molar-refractivity contribution in [1.82, 2.24) is 0 Å². The lowest BCUT2D eigenvalue weighted by molar-refractivity contribution is 0.368. The number of rotatable bonds is 12. The van der Waals surface area contributed by atoms with Gasteiger partial charge in [0.05, 0.1) is 0 Å². The third-order valence-electron chi connectivity index (χ3n) is 9.11. The fraction of sp³-hybridized carbons (Fsp3) is 0.636. The molecule has 0 amide bonds. The van der Waals surface area contributed by atoms with Crippen LogP contribution >= 0.6 is 0 Å². The van der Waals surface area contributed by atoms with Crippen molar-refractivity contribution in [2.75, 3.05) is 0 Å². The second kappa shape index (κ2) is 12.0. The maximum Gasteiger partial charge on any atom is 0.115 e. The summed E-state index contributed by atoms with van der Waals surface area (Å²) in [7, 11) is 2.62. The van der Waals surface area contributed by atoms with Crippen molar-refractivity contribution < 1.29 is 0 Å². The van der Waals surface area contributed by atoms with Crippen LogP contribution in [0.3, 0.4) is 0 Å². The van der Waals surface area contributed by atoms with E-state index in [9.17, 15) is 0 Å². The molecule has 2 aliphatic carbocycles. The molecule has 2 unspecified atom stereocenters. The third kappa shape index (κ3) is 6.00. The number of hydrogen-bond acceptors (Lipinski definition) is 0. The quantitative estimate of drug-likeness (QED) is 0.167. The molecule has 1 aromatic carbocycles. The first-order chi connectivity index (χ1) is 16.3. The summed E-state index contributed by atoms with van der Waals surface area (Å²) < 4.78 is 0. The summed E-state index contributed by atoms with van der Waals surface area (Å²) in [6.07, 6.45) is 17.2. The van der Waals surface area contributed by atoms with Crippen molar-refractivity contribution in [3.63, 3.8) is 0 Å². The summed E-state index contributed by atoms with van der Waals surface area (Å²) in [5, 5.41) is 0.276. The van der Waals surface area contributed by atoms with Gasteiger partial charge in [-0.15, -0.1) is 0 Å². The fourth-order valence-corrected chi connectivity index (χ4v) is 7.27. The molecule has 3 rings (SSSR count). The van der Waals surface area contributed by atoms with Crippen LogP contribution in [-0.4, -0.2) is 7.85 Å². The highest BCUT2D eigenvalue weighted by molar-refractivity contribution is 6.18. The van der Waals surface area contributed by atoms with Crippen molar-refractivity contribution in [3.05, 3.63) is 69.3 Å². The highest BCUT2D eigenvalue weighted by atomic mass is 14.4. The zero-order valence-electron chi connectivity index (χ0n) is 23.6. The Hall–Kier alpha value is -1.50. The van der Waals surface area contributed by atoms with Gasteiger partial charge in [-0.3, -0.25) is 0 Å². The molecular weight excluding hydrogens is 407 g/mol. The largest absolute Gasteiger partial charge is 0.115 e. The molecule has 1 heteroatoms. The van der Waals surface area contributed by atoms with Gasteiger partial charge < -0.3 is 0 Å². The molecule has 34 heavy (non-hydrogen) atoms. The van der Waals surface area contributed by atoms with Crippen LogP contribution in [0.5, 0.6) is 0 Å². The molecule has 0 radical (unpaired) electrons. The van der Waals surface area contributed by atoms with Gasteiger partial charge in [0.25, 0.3) is 0 Å². The van der Waals surface area contributed by atoms with Gasteiger partial charge in [-0.2, -0.15) is 0 Å². The van der Waals surface area contributed by atoms with Crippen LogP contribution in [-0.2, 0) is 25.7 Å². The molecule has 1 aromatic rings. The van der Waals surface area contributed by atoms with Crippen LogP contribution in [0.1, 0.15) is 115 Å². The van der Waals surface area contributed by atoms with E-state index in [1.807, 2.05) is 0 Å². The SMILES string of the molecule is BC1(Cc2c(CC3CC3)ccc(CC)c2CC)CC(C/C(C)=C(/C=C)CC)CC(CC)=C1CC. The highest BCUT2D eigenvalue weighted by Gasteiger charge is 2.38. The summed E-state index contributed by atoms with van der Waals surface area (Å²) in [4.78, 5) is 0. The van der Waals surface area contributed by atoms with Crippen molar-refractivity contribution in [3.8, 4) is 0 Å². The fourth-order valence-electron chi connectivity index (χ4n) is 7.27. The lowest BCUT2D eigenvalue weighted by Gasteiger charge is -2.44. The molecule has 0 nitrogen and oxygen atoms in total. The van der Waals surface area contributed by atoms with Gasteiger partial charge in [0, 0.05) is 0 Å². The van der Waals surface area contributed by atoms with E-state index in [1.54, 1.807) is 39.0 Å². The normalized spacial score (nSPS) is 23.8. The Kier molecular flexibility index (Phi) is 9.53. The van der Waals surface area contributed by atoms with Crippen molar-refractivity contribution >= 4 is 7.85 Å². The minimum Gasteiger partial charge on any atom is -0.0988 e. The third-order valence-corrected chi connectivity index (χ3v) is 9.11. The Bertz CT molecular complexity index is 926. The topological polar surface area (TPSA) is 0 Å². The van der Waals surface area contributed by atoms with E-state index in [-0.39, 0.29) is 5.31 Å². The van der Waals surface area contributed by atoms with E-state index in [0.717, 1.165) is 24.7 Å². The van der Waals surface area contributed by atoms with Crippen LogP contribution in [0.2, 0.25) is 5.31 Å². The second-order valence-electron chi connectivity index (χ2n) is 11.6. The smallest absolute Gasteiger partial charge is 0.0988 e. The van der Waals surface area contributed by atoms with Gasteiger partial charge in [-0.1, -0.05) is 76.1 Å². The maximum atomic E-state index is 4.09. The van der Waals surface area contributed by atoms with Crippen LogP contribution in [0.4, 0.5) is 0 Å². The number of allylic oxidation sites excluding steroid dienone is 5. The van der Waals surface area contributed by atoms with E-state index >= 15 is 0 Å². The standard InChI is InChI=1S/C33H51B/c1-8-26(9-2)23(7)18-25-20-28(11-4)32(13-6)33(34,21-25)22-31-29(19-24-14-15-24)17-16-27(10-3)30(31)12-5/h8,16-17,24-25H,1,9-15,18-22,34H2,2-7H3/b26-23-. The van der Waals surface area contributed by atoms with Crippen molar-refractivity contribution in [2.45, 2.75) is 124 Å². The van der Waals surface area contributed by atoms with Gasteiger partial charge in [0.1, 0.15) is 7.85 Å². The predicted molar refractivity (Wildman–Crippen MR) is 155 cm³/mol. The van der Waals surface area contributed by atoms with Crippen LogP contribution < -0.4 is 0 Å². The van der Waals surface area contributed by atoms with Gasteiger partial charge in [-0.25, -0.2) is 0 Å². The molecule has 0 saturated heterocycles. The molecule has 2 atom stereocenters. The Balaban J connectivity index is 2.03. The first-order valence-electron chi connectivity index (χ1n) is 14.5. The maximum absolute atomic E-state index is 4.09. The average molecular weight is 459 g/mol. The zero-order valence-corrected chi connectivity index (χ0v) is 23.6. The van der Waals surface area contributed by atoms with Crippen molar-refractivity contribution in [2.24, 2.45) is 11.8 Å². The van der Waals surface area contributed by atoms with Crippen molar-refractivity contribution in [1.29, 1.82) is 0 Å². The Morgan fingerprint density at radius 1 is 0.971 bits per heavy atom. The zero-order chi connectivity index (χ0) is 24.9. The lowest BCUT2D eigenvalue weighted by Crippen LogP contribution is -2.30. The van der Waals surface area contributed by atoms with Gasteiger partial charge in [0.2, 0.25) is 0 Å². The van der Waals surface area contributed by atoms with E-state index in [4.69, 9.17) is 0 Å². The predicted octanol–water partition coefficient (Wildman–Crippen LogP) is 8.93. The van der Waals surface area contributed by atoms with E-state index in [1.165, 1.54) is 69.8 Å². The number of aryl methyl sites for hydroxylation is 1. The second-order valence-corrected chi connectivity index (χ2v) is 11.6. The molecule has 0 N–H and O–H groups in total. The Labute approximate surface area is 212 Å². The summed E-state index contributed by atoms with van der Waals surface area (Å²) >= 11 is 0. The number of hydrogen-bond donors (Lipinski definition) is 0. The summed E-state index contributed by atoms with van der Waals surface area (Å²) in [5.41, 5.74) is 13.2. The molecule has 186 valence electrons. The molecule has 1 saturated carbocycles. The van der Waals surface area contributed by atoms with Crippen LogP contribution in [0.25, 0.3) is 0 Å². The lowest BCUT2D eigenvalue weighted by atomic mass is 9.51. The molecular formula is C33H51B. The Morgan fingerprint density at radius 3 is 2.21 bits per heavy atom. The molecule has 0 heterocycles. The molecule has 0 bridgehead atoms.